The van der Waals surface area contributed by atoms with Crippen LogP contribution >= 0.6 is 0 Å². The Bertz CT molecular complexity index is 3030. The molecule has 0 saturated heterocycles. The Morgan fingerprint density at radius 2 is 1.31 bits per heavy atom. The largest absolute Gasteiger partial charge is 0 e. The molecule has 4 heterocycles. The van der Waals surface area contributed by atoms with E-state index >= 15 is 0 Å². The maximum Gasteiger partial charge on any atom is 0 e. The maximum atomic E-state index is 6.68. The molecule has 10 rings (SSSR count). The molecule has 0 bridgehead atoms. The van der Waals surface area contributed by atoms with Gasteiger partial charge in [-0.2, -0.15) is 0 Å². The number of pyridine rings is 1. The van der Waals surface area contributed by atoms with Crippen LogP contribution in [0.2, 0.25) is 17.3 Å². The summed E-state index contributed by atoms with van der Waals surface area (Å²) in [5.41, 5.74) is 12.1. The van der Waals surface area contributed by atoms with Crippen molar-refractivity contribution in [2.75, 3.05) is 0 Å². The molecule has 7 heteroatoms. The molecule has 0 fully saturated rings. The molecule has 5 nitrogen and oxygen atoms in total. The van der Waals surface area contributed by atoms with Crippen LogP contribution in [0.25, 0.3) is 83.2 Å². The van der Waals surface area contributed by atoms with Gasteiger partial charge < -0.3 is 13.4 Å². The molecule has 0 atom stereocenters. The van der Waals surface area contributed by atoms with Crippen LogP contribution in [0, 0.1) is 12.1 Å². The fourth-order valence-corrected chi connectivity index (χ4v) is 10.0. The number of benzene rings is 6. The number of hydrogen-bond donors (Lipinski definition) is 0. The summed E-state index contributed by atoms with van der Waals surface area (Å²) < 4.78 is 16.7. The molecule has 0 spiro atoms. The van der Waals surface area contributed by atoms with Crippen molar-refractivity contribution in [1.82, 2.24) is 14.5 Å². The Morgan fingerprint density at radius 3 is 2.00 bits per heavy atom. The molecule has 0 aliphatic heterocycles. The Hall–Kier alpha value is -5.27. The molecule has 58 heavy (non-hydrogen) atoms. The summed E-state index contributed by atoms with van der Waals surface area (Å²) in [5, 5.41) is 4.19. The van der Waals surface area contributed by atoms with Crippen LogP contribution in [0.15, 0.2) is 142 Å². The van der Waals surface area contributed by atoms with Gasteiger partial charge in [0.05, 0.1) is 22.4 Å². The summed E-state index contributed by atoms with van der Waals surface area (Å²) in [6.07, 6.45) is 2.04. The van der Waals surface area contributed by atoms with Crippen LogP contribution in [-0.4, -0.2) is 27.8 Å². The summed E-state index contributed by atoms with van der Waals surface area (Å²) in [6, 6.07) is 50.5. The summed E-state index contributed by atoms with van der Waals surface area (Å²) >= 11 is -1.72. The number of fused-ring (bicyclic) bond motifs is 7. The number of hydrogen-bond acceptors (Lipinski definition) is 4. The quantitative estimate of drug-likeness (QED) is 0.123. The Morgan fingerprint density at radius 1 is 0.621 bits per heavy atom. The first-order chi connectivity index (χ1) is 27.6. The van der Waals surface area contributed by atoms with E-state index in [-0.39, 0.29) is 20.1 Å². The first kappa shape index (κ1) is 39.6. The van der Waals surface area contributed by atoms with Gasteiger partial charge in [0.15, 0.2) is 0 Å². The summed E-state index contributed by atoms with van der Waals surface area (Å²) in [4.78, 5) is 9.75. The second-order valence-electron chi connectivity index (χ2n) is 16.5. The Balaban J connectivity index is 0.000000233. The predicted molar refractivity (Wildman–Crippen MR) is 240 cm³/mol. The van der Waals surface area contributed by atoms with Gasteiger partial charge in [0, 0.05) is 42.0 Å². The Kier molecular flexibility index (Phi) is 10.8. The van der Waals surface area contributed by atoms with Crippen molar-refractivity contribution in [1.29, 1.82) is 0 Å². The van der Waals surface area contributed by atoms with Crippen LogP contribution < -0.4 is 4.40 Å². The van der Waals surface area contributed by atoms with E-state index in [0.717, 1.165) is 77.6 Å². The Labute approximate surface area is 355 Å². The first-order valence-electron chi connectivity index (χ1n) is 19.8. The fraction of sp³-hybridized carbons (Fsp3) is 0.176. The summed E-state index contributed by atoms with van der Waals surface area (Å²) in [6.45, 7) is 9.03. The normalized spacial score (nSPS) is 11.9. The zero-order valence-electron chi connectivity index (χ0n) is 33.8. The van der Waals surface area contributed by atoms with Gasteiger partial charge >= 0.3 is 99.8 Å². The molecule has 1 radical (unpaired) electrons. The second-order valence-corrected chi connectivity index (χ2v) is 27.1. The fourth-order valence-electron chi connectivity index (χ4n) is 7.86. The number of nitrogens with zero attached hydrogens (tertiary/aromatic N) is 3. The molecular weight excluding hydrogens is 951 g/mol. The van der Waals surface area contributed by atoms with Gasteiger partial charge in [0.25, 0.3) is 0 Å². The number of para-hydroxylation sites is 4. The molecule has 10 aromatic rings. The van der Waals surface area contributed by atoms with Crippen molar-refractivity contribution in [3.8, 4) is 28.3 Å². The standard InChI is InChI=1S/C37H29N2O2.C14H16GeN.Ir/c1-21(2)23-12-9-13-24(22(3)4)35(23)39-31-17-7-6-16-30(31)38-37(39)27-15-10-14-26-29-20-33-28(19-34(29)41-36(26)27)25-11-5-8-18-32(25)40-33;1-15(2,3)13-9-10-14(16-11-13)12-7-5-4-6-8-12;/h5-14,16-22H,1-4H3;4-7,9-11H,1-3H3;/q2*-1;. The average Bonchev–Trinajstić information content (AvgIpc) is 3.91. The van der Waals surface area contributed by atoms with E-state index < -0.39 is 13.3 Å². The first-order valence-corrected chi connectivity index (χ1v) is 27.1. The molecule has 0 aliphatic rings. The average molecular weight is 997 g/mol. The predicted octanol–water partition coefficient (Wildman–Crippen LogP) is 13.6. The molecule has 0 unspecified atom stereocenters. The van der Waals surface area contributed by atoms with E-state index in [1.54, 1.807) is 0 Å². The molecule has 0 amide bonds. The molecule has 291 valence electrons. The van der Waals surface area contributed by atoms with Gasteiger partial charge in [-0.05, 0) is 53.3 Å². The SMILES string of the molecule is CC(C)c1cccc(C(C)C)c1-n1c(-c2[c-]ccc3c2oc2cc4c(cc23)oc2ccccc24)nc2ccccc21.[CH3][Ge]([CH3])([CH3])[c]1ccc(-c2[c-]cccc2)nc1.[Ir]. The van der Waals surface area contributed by atoms with Crippen LogP contribution in [0.4, 0.5) is 0 Å². The monoisotopic (exact) mass is 998 g/mol. The smallest absolute Gasteiger partial charge is 0 e. The van der Waals surface area contributed by atoms with Crippen molar-refractivity contribution in [2.45, 2.75) is 56.8 Å². The van der Waals surface area contributed by atoms with E-state index in [2.05, 4.69) is 139 Å². The summed E-state index contributed by atoms with van der Waals surface area (Å²) in [5.74, 6) is 8.66. The minimum Gasteiger partial charge on any atom is 0 e. The van der Waals surface area contributed by atoms with Gasteiger partial charge in [0.1, 0.15) is 16.7 Å². The van der Waals surface area contributed by atoms with Crippen molar-refractivity contribution in [3.63, 3.8) is 0 Å². The second kappa shape index (κ2) is 15.8. The third-order valence-corrected chi connectivity index (χ3v) is 15.1. The van der Waals surface area contributed by atoms with E-state index in [9.17, 15) is 0 Å². The summed E-state index contributed by atoms with van der Waals surface area (Å²) in [7, 11) is 0. The van der Waals surface area contributed by atoms with E-state index in [0.29, 0.717) is 11.8 Å². The van der Waals surface area contributed by atoms with Gasteiger partial charge in [0.2, 0.25) is 0 Å². The molecule has 0 aliphatic carbocycles. The van der Waals surface area contributed by atoms with Crippen molar-refractivity contribution >= 4 is 72.6 Å². The van der Waals surface area contributed by atoms with E-state index in [1.807, 2.05) is 60.8 Å². The van der Waals surface area contributed by atoms with Gasteiger partial charge in [-0.1, -0.05) is 87.2 Å². The topological polar surface area (TPSA) is 57.0 Å². The van der Waals surface area contributed by atoms with Crippen LogP contribution in [0.3, 0.4) is 0 Å². The maximum absolute atomic E-state index is 6.68. The van der Waals surface area contributed by atoms with Crippen molar-refractivity contribution < 1.29 is 28.9 Å². The minimum absolute atomic E-state index is 0. The van der Waals surface area contributed by atoms with E-state index in [4.69, 9.17) is 13.8 Å². The zero-order valence-corrected chi connectivity index (χ0v) is 38.3. The van der Waals surface area contributed by atoms with Gasteiger partial charge in [-0.15, -0.1) is 18.2 Å². The van der Waals surface area contributed by atoms with Crippen LogP contribution in [-0.2, 0) is 20.1 Å². The minimum atomic E-state index is -1.72. The van der Waals surface area contributed by atoms with Crippen LogP contribution in [0.1, 0.15) is 50.7 Å². The number of rotatable bonds is 6. The molecule has 6 aromatic carbocycles. The third kappa shape index (κ3) is 7.12. The van der Waals surface area contributed by atoms with Gasteiger partial charge in [-0.25, -0.2) is 0 Å². The number of aromatic nitrogens is 3. The molecule has 0 saturated carbocycles. The zero-order chi connectivity index (χ0) is 39.4. The molecular formula is C51H45GeIrN3O2-2. The van der Waals surface area contributed by atoms with Gasteiger partial charge in [-0.3, -0.25) is 4.98 Å². The third-order valence-electron chi connectivity index (χ3n) is 10.9. The van der Waals surface area contributed by atoms with Crippen molar-refractivity contribution in [3.05, 3.63) is 157 Å². The van der Waals surface area contributed by atoms with E-state index in [1.165, 1.54) is 21.2 Å². The van der Waals surface area contributed by atoms with Crippen LogP contribution in [0.5, 0.6) is 0 Å². The molecule has 0 N–H and O–H groups in total. The number of furan rings is 2. The number of imidazole rings is 1. The van der Waals surface area contributed by atoms with Crippen molar-refractivity contribution in [2.24, 2.45) is 0 Å². The molecule has 4 aromatic heterocycles.